The molecule has 0 saturated carbocycles. The molecule has 1 unspecified atom stereocenters. The normalized spacial score (nSPS) is 27.5. The van der Waals surface area contributed by atoms with E-state index in [9.17, 15) is 0 Å². The van der Waals surface area contributed by atoms with E-state index < -0.39 is 10.7 Å². The second kappa shape index (κ2) is 2.04. The first kappa shape index (κ1) is 5.43. The molecular weight excluding hydrogens is 124 g/mol. The van der Waals surface area contributed by atoms with Crippen molar-refractivity contribution in [2.45, 2.75) is 0 Å². The number of hydrogen-bond donors (Lipinski definition) is 2. The summed E-state index contributed by atoms with van der Waals surface area (Å²) >= 11 is 0. The summed E-state index contributed by atoms with van der Waals surface area (Å²) in [4.78, 5) is 7.38. The molecule has 0 amide bonds. The van der Waals surface area contributed by atoms with Gasteiger partial charge >= 0.3 is 0 Å². The van der Waals surface area contributed by atoms with Crippen molar-refractivity contribution in [1.82, 2.24) is 0 Å². The van der Waals surface area contributed by atoms with Gasteiger partial charge in [0.15, 0.2) is 5.17 Å². The molecule has 0 fully saturated rings. The third kappa shape index (κ3) is 0.919. The predicted molar refractivity (Wildman–Crippen MR) is 35.1 cm³/mol. The minimum absolute atomic E-state index is 0.389. The van der Waals surface area contributed by atoms with Crippen LogP contribution < -0.4 is 5.73 Å². The summed E-state index contributed by atoms with van der Waals surface area (Å²) in [5, 5.41) is 0.389. The monoisotopic (exact) mass is 130 g/mol. The molecule has 0 saturated heterocycles. The highest BCUT2D eigenvalue weighted by atomic mass is 32.2. The van der Waals surface area contributed by atoms with Gasteiger partial charge < -0.3 is 5.73 Å². The Morgan fingerprint density at radius 2 is 2.62 bits per heavy atom. The quantitative estimate of drug-likeness (QED) is 0.463. The molecule has 0 aromatic carbocycles. The molecule has 1 rings (SSSR count). The molecule has 0 radical (unpaired) electrons. The predicted octanol–water partition coefficient (Wildman–Crippen LogP) is -0.319. The fourth-order valence-electron chi connectivity index (χ4n) is 0.335. The van der Waals surface area contributed by atoms with Crippen molar-refractivity contribution >= 4 is 22.2 Å². The first-order chi connectivity index (χ1) is 3.80. The van der Waals surface area contributed by atoms with Gasteiger partial charge in [-0.25, -0.2) is 4.99 Å². The highest BCUT2D eigenvalue weighted by molar-refractivity contribution is 8.01. The molecule has 1 heterocycles. The van der Waals surface area contributed by atoms with Gasteiger partial charge in [-0.3, -0.25) is 9.77 Å². The molecular formula is C3H6N4S. The van der Waals surface area contributed by atoms with Gasteiger partial charge in [0.1, 0.15) is 12.2 Å². The zero-order chi connectivity index (χ0) is 5.98. The summed E-state index contributed by atoms with van der Waals surface area (Å²) < 4.78 is 7.14. The molecule has 0 aromatic heterocycles. The summed E-state index contributed by atoms with van der Waals surface area (Å²) in [6.45, 7) is 0. The summed E-state index contributed by atoms with van der Waals surface area (Å²) in [7, 11) is -0.655. The molecule has 0 aliphatic carbocycles. The van der Waals surface area contributed by atoms with E-state index in [2.05, 4.69) is 9.98 Å². The lowest BCUT2D eigenvalue weighted by Crippen LogP contribution is -2.21. The van der Waals surface area contributed by atoms with E-state index in [1.54, 1.807) is 0 Å². The van der Waals surface area contributed by atoms with Gasteiger partial charge in [-0.1, -0.05) is 0 Å². The maximum Gasteiger partial charge on any atom is 0.172 e. The average molecular weight is 130 g/mol. The SMILES string of the molecule is N=S1CN=CN=C1N. The first-order valence-electron chi connectivity index (χ1n) is 2.04. The van der Waals surface area contributed by atoms with Crippen molar-refractivity contribution < 1.29 is 0 Å². The van der Waals surface area contributed by atoms with Gasteiger partial charge in [-0.2, -0.15) is 0 Å². The van der Waals surface area contributed by atoms with Crippen LogP contribution in [0.3, 0.4) is 0 Å². The van der Waals surface area contributed by atoms with Crippen molar-refractivity contribution in [3.63, 3.8) is 0 Å². The molecule has 3 N–H and O–H groups in total. The van der Waals surface area contributed by atoms with E-state index in [1.165, 1.54) is 6.34 Å². The molecule has 1 atom stereocenters. The Morgan fingerprint density at radius 3 is 3.00 bits per heavy atom. The van der Waals surface area contributed by atoms with E-state index in [-0.39, 0.29) is 0 Å². The third-order valence-corrected chi connectivity index (χ3v) is 1.74. The zero-order valence-corrected chi connectivity index (χ0v) is 4.98. The summed E-state index contributed by atoms with van der Waals surface area (Å²) in [5.41, 5.74) is 5.26. The van der Waals surface area contributed by atoms with E-state index in [4.69, 9.17) is 10.5 Å². The fourth-order valence-corrected chi connectivity index (χ4v) is 0.858. The van der Waals surface area contributed by atoms with Crippen LogP contribution >= 0.6 is 0 Å². The molecule has 8 heavy (non-hydrogen) atoms. The van der Waals surface area contributed by atoms with Crippen molar-refractivity contribution in [3.05, 3.63) is 0 Å². The van der Waals surface area contributed by atoms with Crippen LogP contribution in [0.2, 0.25) is 0 Å². The standard InChI is InChI=1S/C3H6N4S/c4-3-7-1-6-2-8(3)5/h1,5H,2H2,(H2,4,6,7). The van der Waals surface area contributed by atoms with Crippen LogP contribution in [0.1, 0.15) is 0 Å². The van der Waals surface area contributed by atoms with E-state index in [0.29, 0.717) is 11.0 Å². The maximum atomic E-state index is 7.14. The minimum atomic E-state index is -0.655. The van der Waals surface area contributed by atoms with Crippen molar-refractivity contribution in [1.29, 1.82) is 4.78 Å². The topological polar surface area (TPSA) is 74.6 Å². The Kier molecular flexibility index (Phi) is 1.38. The van der Waals surface area contributed by atoms with Crippen LogP contribution in [-0.2, 0) is 10.7 Å². The second-order valence-electron chi connectivity index (χ2n) is 1.29. The zero-order valence-electron chi connectivity index (χ0n) is 4.16. The highest BCUT2D eigenvalue weighted by Crippen LogP contribution is 1.89. The number of rotatable bonds is 0. The minimum Gasteiger partial charge on any atom is -0.377 e. The van der Waals surface area contributed by atoms with Crippen molar-refractivity contribution in [2.75, 3.05) is 5.88 Å². The Hall–Kier alpha value is -0.710. The van der Waals surface area contributed by atoms with E-state index in [1.807, 2.05) is 0 Å². The largest absolute Gasteiger partial charge is 0.377 e. The molecule has 1 aliphatic rings. The average Bonchev–Trinajstić information content (AvgIpc) is 1.77. The molecule has 0 bridgehead atoms. The van der Waals surface area contributed by atoms with Crippen LogP contribution in [0.25, 0.3) is 0 Å². The van der Waals surface area contributed by atoms with Crippen LogP contribution in [0, 0.1) is 4.78 Å². The maximum absolute atomic E-state index is 7.14. The second-order valence-corrected chi connectivity index (χ2v) is 2.74. The molecule has 1 aliphatic heterocycles. The number of hydrogen-bond acceptors (Lipinski definition) is 4. The lowest BCUT2D eigenvalue weighted by Gasteiger charge is -2.01. The number of aliphatic imine (C=N–C) groups is 2. The number of nitrogens with zero attached hydrogens (tertiary/aromatic N) is 2. The first-order valence-corrected chi connectivity index (χ1v) is 3.44. The van der Waals surface area contributed by atoms with Gasteiger partial charge in [-0.05, 0) is 10.7 Å². The fraction of sp³-hybridized carbons (Fsp3) is 0.333. The Morgan fingerprint density at radius 1 is 1.88 bits per heavy atom. The van der Waals surface area contributed by atoms with Crippen LogP contribution in [0.4, 0.5) is 0 Å². The van der Waals surface area contributed by atoms with Crippen LogP contribution in [-0.4, -0.2) is 17.4 Å². The summed E-state index contributed by atoms with van der Waals surface area (Å²) in [6, 6.07) is 0. The lowest BCUT2D eigenvalue weighted by atomic mass is 11.1. The van der Waals surface area contributed by atoms with Gasteiger partial charge in [-0.15, -0.1) is 0 Å². The Bertz CT molecular complexity index is 170. The van der Waals surface area contributed by atoms with Gasteiger partial charge in [0, 0.05) is 0 Å². The lowest BCUT2D eigenvalue weighted by molar-refractivity contribution is 1.34. The van der Waals surface area contributed by atoms with Crippen molar-refractivity contribution in [2.24, 2.45) is 15.7 Å². The van der Waals surface area contributed by atoms with E-state index >= 15 is 0 Å². The smallest absolute Gasteiger partial charge is 0.172 e. The number of amidine groups is 1. The number of nitrogens with two attached hydrogens (primary N) is 1. The molecule has 5 heteroatoms. The molecule has 4 nitrogen and oxygen atoms in total. The van der Waals surface area contributed by atoms with E-state index in [0.717, 1.165) is 0 Å². The Labute approximate surface area is 49.4 Å². The molecule has 44 valence electrons. The number of nitrogens with one attached hydrogen (secondary N) is 1. The van der Waals surface area contributed by atoms with Crippen LogP contribution in [0.15, 0.2) is 9.98 Å². The van der Waals surface area contributed by atoms with Crippen molar-refractivity contribution in [3.8, 4) is 0 Å². The molecule has 0 aromatic rings. The highest BCUT2D eigenvalue weighted by Gasteiger charge is 1.99. The Balaban J connectivity index is 2.80. The van der Waals surface area contributed by atoms with Crippen LogP contribution in [0.5, 0.6) is 0 Å². The van der Waals surface area contributed by atoms with Gasteiger partial charge in [0.05, 0.1) is 0 Å². The third-order valence-electron chi connectivity index (χ3n) is 0.723. The van der Waals surface area contributed by atoms with Gasteiger partial charge in [0.2, 0.25) is 0 Å². The molecule has 0 spiro atoms. The summed E-state index contributed by atoms with van der Waals surface area (Å²) in [6.07, 6.45) is 1.40. The summed E-state index contributed by atoms with van der Waals surface area (Å²) in [5.74, 6) is 0.481. The van der Waals surface area contributed by atoms with Gasteiger partial charge in [0.25, 0.3) is 0 Å².